The molecule has 2 nitrogen and oxygen atoms in total. The lowest BCUT2D eigenvalue weighted by Gasteiger charge is -2.06. The summed E-state index contributed by atoms with van der Waals surface area (Å²) in [6.45, 7) is 0. The predicted octanol–water partition coefficient (Wildman–Crippen LogP) is 5.94. The van der Waals surface area contributed by atoms with Gasteiger partial charge in [0.05, 0.1) is 5.69 Å². The summed E-state index contributed by atoms with van der Waals surface area (Å²) in [7, 11) is 2.21. The first-order valence-corrected chi connectivity index (χ1v) is 10.5. The van der Waals surface area contributed by atoms with Crippen LogP contribution < -0.4 is 0 Å². The number of benzene rings is 4. The fourth-order valence-corrected chi connectivity index (χ4v) is 6.02. The zero-order valence-electron chi connectivity index (χ0n) is 16.1. The minimum Gasteiger partial charge on any atom is -0.451 e. The Hall–Kier alpha value is -2.99. The van der Waals surface area contributed by atoms with Crippen LogP contribution in [-0.2, 0) is 13.5 Å². The summed E-state index contributed by atoms with van der Waals surface area (Å²) in [5, 5.41) is 6.72. The maximum atomic E-state index is 2.95. The molecule has 3 heteroatoms. The van der Waals surface area contributed by atoms with Gasteiger partial charge in [0.2, 0.25) is 0 Å². The van der Waals surface area contributed by atoms with Crippen molar-refractivity contribution < 1.29 is 0 Å². The Labute approximate surface area is 176 Å². The van der Waals surface area contributed by atoms with Gasteiger partial charge in [0, 0.05) is 57.1 Å². The summed E-state index contributed by atoms with van der Waals surface area (Å²) in [6.07, 6.45) is 1.01. The van der Waals surface area contributed by atoms with Crippen molar-refractivity contribution in [2.24, 2.45) is 7.05 Å². The van der Waals surface area contributed by atoms with Crippen molar-refractivity contribution in [3.8, 4) is 11.3 Å². The van der Waals surface area contributed by atoms with Crippen molar-refractivity contribution >= 4 is 60.0 Å². The van der Waals surface area contributed by atoms with E-state index in [1.165, 1.54) is 65.9 Å². The maximum absolute atomic E-state index is 2.95. The van der Waals surface area contributed by atoms with Gasteiger partial charge in [-0.05, 0) is 28.6 Å². The van der Waals surface area contributed by atoms with Crippen LogP contribution >= 0.6 is 0 Å². The van der Waals surface area contributed by atoms with Gasteiger partial charge in [-0.2, -0.15) is 0 Å². The Morgan fingerprint density at radius 2 is 1.55 bits per heavy atom. The second-order valence-electron chi connectivity index (χ2n) is 8.13. The van der Waals surface area contributed by atoms with E-state index in [9.17, 15) is 0 Å². The lowest BCUT2D eigenvalue weighted by atomic mass is 10.0. The predicted molar refractivity (Wildman–Crippen MR) is 123 cm³/mol. The highest BCUT2D eigenvalue weighted by atomic mass is 27.1. The van der Waals surface area contributed by atoms with E-state index >= 15 is 0 Å². The van der Waals surface area contributed by atoms with Crippen LogP contribution in [0.4, 0.5) is 0 Å². The van der Waals surface area contributed by atoms with Crippen LogP contribution in [-0.4, -0.2) is 24.6 Å². The van der Waals surface area contributed by atoms with Crippen LogP contribution in [0.15, 0.2) is 72.8 Å². The molecule has 134 valence electrons. The maximum Gasteiger partial charge on any atom is 0.318 e. The van der Waals surface area contributed by atoms with E-state index in [-0.39, 0.29) is 0 Å². The molecule has 7 rings (SSSR count). The average molecular weight is 384 g/mol. The molecule has 2 radical (unpaired) electrons. The Morgan fingerprint density at radius 3 is 2.48 bits per heavy atom. The van der Waals surface area contributed by atoms with Crippen molar-refractivity contribution in [1.82, 2.24) is 8.12 Å². The van der Waals surface area contributed by atoms with Crippen LogP contribution in [0.5, 0.6) is 0 Å². The Kier molecular flexibility index (Phi) is 2.92. The highest BCUT2D eigenvalue weighted by Gasteiger charge is 2.27. The Balaban J connectivity index is 1.74. The van der Waals surface area contributed by atoms with E-state index in [0.29, 0.717) is 0 Å². The third-order valence-corrected chi connectivity index (χ3v) is 7.29. The normalized spacial score (nSPS) is 13.0. The van der Waals surface area contributed by atoms with Crippen molar-refractivity contribution in [1.29, 1.82) is 0 Å². The molecule has 0 amide bonds. The topological polar surface area (TPSA) is 9.86 Å². The quantitative estimate of drug-likeness (QED) is 0.286. The second-order valence-corrected chi connectivity index (χ2v) is 8.64. The first kappa shape index (κ1) is 15.9. The smallest absolute Gasteiger partial charge is 0.318 e. The summed E-state index contributed by atoms with van der Waals surface area (Å²) in [6, 6.07) is 26.7. The van der Waals surface area contributed by atoms with Gasteiger partial charge in [0.25, 0.3) is 0 Å². The molecule has 6 aromatic rings. The van der Waals surface area contributed by atoms with E-state index in [4.69, 9.17) is 0 Å². The molecule has 0 atom stereocenters. The zero-order chi connectivity index (χ0) is 19.3. The number of nitrogens with zero attached hydrogens (tertiary/aromatic N) is 2. The van der Waals surface area contributed by atoms with Crippen LogP contribution in [0.3, 0.4) is 0 Å². The largest absolute Gasteiger partial charge is 0.451 e. The summed E-state index contributed by atoms with van der Waals surface area (Å²) in [5.41, 5.74) is 9.57. The van der Waals surface area contributed by atoms with E-state index in [1.807, 2.05) is 0 Å². The van der Waals surface area contributed by atoms with Gasteiger partial charge >= 0.3 is 16.5 Å². The average Bonchev–Trinajstić information content (AvgIpc) is 3.37. The minimum atomic E-state index is 1.01. The molecule has 0 spiro atoms. The highest BCUT2D eigenvalue weighted by Crippen LogP contribution is 2.46. The third-order valence-electron chi connectivity index (χ3n) is 6.76. The van der Waals surface area contributed by atoms with Gasteiger partial charge < -0.3 is 8.12 Å². The molecular weight excluding hydrogens is 367 g/mol. The van der Waals surface area contributed by atoms with Gasteiger partial charge in [-0.3, -0.25) is 0 Å². The van der Waals surface area contributed by atoms with Crippen LogP contribution in [0.1, 0.15) is 11.1 Å². The van der Waals surface area contributed by atoms with Crippen LogP contribution in [0, 0.1) is 0 Å². The molecular formula is C26H17AlN2. The molecule has 2 aromatic heterocycles. The summed E-state index contributed by atoms with van der Waals surface area (Å²) < 4.78 is 4.69. The number of fused-ring (bicyclic) bond motifs is 11. The molecule has 0 N–H and O–H groups in total. The van der Waals surface area contributed by atoms with E-state index in [0.717, 1.165) is 6.42 Å². The lowest BCUT2D eigenvalue weighted by molar-refractivity contribution is 0.978. The van der Waals surface area contributed by atoms with E-state index in [2.05, 4.69) is 104 Å². The monoisotopic (exact) mass is 384 g/mol. The molecule has 0 saturated heterocycles. The van der Waals surface area contributed by atoms with Crippen molar-refractivity contribution in [2.45, 2.75) is 6.42 Å². The summed E-state index contributed by atoms with van der Waals surface area (Å²) in [5.74, 6) is 0. The molecule has 0 unspecified atom stereocenters. The second kappa shape index (κ2) is 5.33. The molecule has 0 saturated carbocycles. The number of aromatic nitrogens is 2. The first-order valence-electron chi connectivity index (χ1n) is 10.0. The van der Waals surface area contributed by atoms with Gasteiger partial charge in [-0.1, -0.05) is 60.7 Å². The van der Waals surface area contributed by atoms with Gasteiger partial charge in [0.1, 0.15) is 0 Å². The number of hydrogen-bond donors (Lipinski definition) is 0. The lowest BCUT2D eigenvalue weighted by Crippen LogP contribution is -1.92. The first-order chi connectivity index (χ1) is 14.2. The number of hydrogen-bond acceptors (Lipinski definition) is 0. The van der Waals surface area contributed by atoms with Crippen molar-refractivity contribution in [2.75, 3.05) is 0 Å². The molecule has 0 aliphatic heterocycles. The third kappa shape index (κ3) is 1.83. The zero-order valence-corrected chi connectivity index (χ0v) is 17.3. The Bertz CT molecular complexity index is 1650. The number of aryl methyl sites for hydroxylation is 1. The highest BCUT2D eigenvalue weighted by molar-refractivity contribution is 6.32. The number of rotatable bonds is 0. The molecule has 0 fully saturated rings. The van der Waals surface area contributed by atoms with Crippen molar-refractivity contribution in [3.63, 3.8) is 0 Å². The van der Waals surface area contributed by atoms with E-state index < -0.39 is 0 Å². The SMILES string of the molecule is Cn1c2c(c3c4c5ccc6ccccc6c5[n]([Al])c4ccc31)Cc1ccccc1-2. The summed E-state index contributed by atoms with van der Waals surface area (Å²) in [4.78, 5) is 0. The van der Waals surface area contributed by atoms with Gasteiger partial charge in [-0.15, -0.1) is 0 Å². The molecule has 1 aliphatic carbocycles. The van der Waals surface area contributed by atoms with E-state index in [1.54, 1.807) is 0 Å². The summed E-state index contributed by atoms with van der Waals surface area (Å²) >= 11 is 2.95. The minimum absolute atomic E-state index is 1.01. The van der Waals surface area contributed by atoms with Gasteiger partial charge in [0.15, 0.2) is 0 Å². The van der Waals surface area contributed by atoms with Crippen molar-refractivity contribution in [3.05, 3.63) is 83.9 Å². The standard InChI is InChI=1S/C26H17N2.Al/c1-28-22-13-12-21-23(19-11-10-15-6-2-4-8-17(15)25(19)27-21)24(22)20-14-16-7-3-5-9-18(16)26(20)28;/h2-13H,14H2,1H3;/q-1;+1. The molecule has 0 bridgehead atoms. The van der Waals surface area contributed by atoms with Crippen LogP contribution in [0.2, 0.25) is 0 Å². The molecule has 1 aliphatic rings. The molecule has 29 heavy (non-hydrogen) atoms. The fraction of sp³-hybridized carbons (Fsp3) is 0.0769. The molecule has 4 aromatic carbocycles. The molecule has 2 heterocycles. The fourth-order valence-electron chi connectivity index (χ4n) is 5.53. The van der Waals surface area contributed by atoms with Gasteiger partial charge in [-0.25, -0.2) is 0 Å². The Morgan fingerprint density at radius 1 is 0.759 bits per heavy atom. The van der Waals surface area contributed by atoms with Crippen LogP contribution in [0.25, 0.3) is 54.7 Å².